The van der Waals surface area contributed by atoms with Gasteiger partial charge in [0, 0.05) is 13.1 Å². The summed E-state index contributed by atoms with van der Waals surface area (Å²) in [5.74, 6) is 0. The van der Waals surface area contributed by atoms with Gasteiger partial charge in [0.15, 0.2) is 0 Å². The minimum absolute atomic E-state index is 0.522. The Balaban J connectivity index is 3.02. The van der Waals surface area contributed by atoms with Crippen molar-refractivity contribution < 1.29 is 52.1 Å². The van der Waals surface area contributed by atoms with Crippen molar-refractivity contribution in [3.05, 3.63) is 0 Å². The van der Waals surface area contributed by atoms with Crippen LogP contribution in [0, 0.1) is 0 Å². The number of nitrogens with zero attached hydrogens (tertiary/aromatic N) is 1. The zero-order chi connectivity index (χ0) is 29.0. The maximum absolute atomic E-state index is 5.47. The molecule has 0 aliphatic rings. The van der Waals surface area contributed by atoms with Crippen LogP contribution in [0.15, 0.2) is 0 Å². The smallest absolute Gasteiger partial charge is 0.0701 e. The summed E-state index contributed by atoms with van der Waals surface area (Å²) < 4.78 is 59.9. The molecule has 0 heterocycles. The summed E-state index contributed by atoms with van der Waals surface area (Å²) in [7, 11) is 5.94. The highest BCUT2D eigenvalue weighted by atomic mass is 16.6. The largest absolute Gasteiger partial charge is 0.378 e. The molecule has 0 bridgehead atoms. The van der Waals surface area contributed by atoms with Crippen molar-refractivity contribution in [2.24, 2.45) is 0 Å². The second kappa shape index (κ2) is 36.5. The SMILES string of the molecule is CNCCOCCOCCOCCOCCOCCOCCOCCOCCOCCOCCOCCN(C)C. The molecule has 0 spiro atoms. The van der Waals surface area contributed by atoms with Crippen LogP contribution < -0.4 is 5.32 Å². The van der Waals surface area contributed by atoms with E-state index in [1.807, 2.05) is 21.1 Å². The molecule has 0 aromatic heterocycles. The predicted octanol–water partition coefficient (Wildman–Crippen LogP) is -0.0500. The fourth-order valence-corrected chi connectivity index (χ4v) is 2.72. The van der Waals surface area contributed by atoms with E-state index in [-0.39, 0.29) is 0 Å². The molecule has 0 aliphatic carbocycles. The van der Waals surface area contributed by atoms with E-state index in [1.54, 1.807) is 0 Å². The number of hydrogen-bond acceptors (Lipinski definition) is 13. The Kier molecular flexibility index (Phi) is 36.0. The van der Waals surface area contributed by atoms with Crippen molar-refractivity contribution in [2.75, 3.05) is 180 Å². The first-order valence-electron chi connectivity index (χ1n) is 14.4. The Hall–Kier alpha value is -0.520. The number of nitrogens with one attached hydrogen (secondary N) is 1. The molecule has 242 valence electrons. The molecule has 40 heavy (non-hydrogen) atoms. The molecule has 1 N–H and O–H groups in total. The lowest BCUT2D eigenvalue weighted by Gasteiger charge is -2.10. The summed E-state index contributed by atoms with van der Waals surface area (Å²) in [6.45, 7) is 14.1. The number of ether oxygens (including phenoxy) is 11. The molecular weight excluding hydrogens is 528 g/mol. The van der Waals surface area contributed by atoms with Gasteiger partial charge in [-0.1, -0.05) is 0 Å². The molecule has 0 aromatic carbocycles. The third kappa shape index (κ3) is 37.5. The van der Waals surface area contributed by atoms with Crippen molar-refractivity contribution >= 4 is 0 Å². The second-order valence-electron chi connectivity index (χ2n) is 8.64. The van der Waals surface area contributed by atoms with Crippen molar-refractivity contribution in [2.45, 2.75) is 0 Å². The quantitative estimate of drug-likeness (QED) is 0.0990. The van der Waals surface area contributed by atoms with Gasteiger partial charge in [0.05, 0.1) is 145 Å². The highest BCUT2D eigenvalue weighted by Gasteiger charge is 1.96. The molecule has 0 rings (SSSR count). The second-order valence-corrected chi connectivity index (χ2v) is 8.64. The molecule has 0 aromatic rings. The van der Waals surface area contributed by atoms with Crippen molar-refractivity contribution in [3.63, 3.8) is 0 Å². The summed E-state index contributed by atoms with van der Waals surface area (Å²) in [5.41, 5.74) is 0. The average Bonchev–Trinajstić information content (AvgIpc) is 2.95. The van der Waals surface area contributed by atoms with Gasteiger partial charge in [0.25, 0.3) is 0 Å². The summed E-state index contributed by atoms with van der Waals surface area (Å²) in [5, 5.41) is 3.02. The van der Waals surface area contributed by atoms with Crippen LogP contribution in [0.4, 0.5) is 0 Å². The lowest BCUT2D eigenvalue weighted by atomic mass is 10.6. The van der Waals surface area contributed by atoms with Gasteiger partial charge in [0.1, 0.15) is 0 Å². The van der Waals surface area contributed by atoms with E-state index in [4.69, 9.17) is 52.1 Å². The molecular formula is C27H58N2O11. The Morgan fingerprint density at radius 1 is 0.325 bits per heavy atom. The maximum atomic E-state index is 5.47. The first kappa shape index (κ1) is 39.5. The minimum Gasteiger partial charge on any atom is -0.378 e. The zero-order valence-electron chi connectivity index (χ0n) is 25.4. The van der Waals surface area contributed by atoms with Crippen molar-refractivity contribution in [1.29, 1.82) is 0 Å². The Bertz CT molecular complexity index is 455. The third-order valence-electron chi connectivity index (χ3n) is 4.90. The highest BCUT2D eigenvalue weighted by molar-refractivity contribution is 4.41. The minimum atomic E-state index is 0.522. The first-order chi connectivity index (χ1) is 19.8. The fourth-order valence-electron chi connectivity index (χ4n) is 2.72. The Labute approximate surface area is 242 Å². The summed E-state index contributed by atoms with van der Waals surface area (Å²) >= 11 is 0. The molecule has 0 fully saturated rings. The van der Waals surface area contributed by atoms with Crippen molar-refractivity contribution in [1.82, 2.24) is 10.2 Å². The molecule has 0 saturated carbocycles. The molecule has 0 atom stereocenters. The van der Waals surface area contributed by atoms with Gasteiger partial charge in [-0.05, 0) is 21.1 Å². The molecule has 13 nitrogen and oxygen atoms in total. The van der Waals surface area contributed by atoms with E-state index in [9.17, 15) is 0 Å². The molecule has 0 aliphatic heterocycles. The van der Waals surface area contributed by atoms with Crippen LogP contribution in [-0.2, 0) is 52.1 Å². The summed E-state index contributed by atoms with van der Waals surface area (Å²) in [6.07, 6.45) is 0. The van der Waals surface area contributed by atoms with E-state index in [2.05, 4.69) is 10.2 Å². The van der Waals surface area contributed by atoms with Gasteiger partial charge in [-0.3, -0.25) is 0 Å². The van der Waals surface area contributed by atoms with Crippen LogP contribution in [-0.4, -0.2) is 184 Å². The van der Waals surface area contributed by atoms with Crippen LogP contribution in [0.3, 0.4) is 0 Å². The maximum Gasteiger partial charge on any atom is 0.0701 e. The highest BCUT2D eigenvalue weighted by Crippen LogP contribution is 1.87. The Morgan fingerprint density at radius 3 is 0.725 bits per heavy atom. The van der Waals surface area contributed by atoms with E-state index in [0.29, 0.717) is 139 Å². The molecule has 13 heteroatoms. The molecule has 0 unspecified atom stereocenters. The van der Waals surface area contributed by atoms with E-state index >= 15 is 0 Å². The number of rotatable bonds is 36. The Morgan fingerprint density at radius 2 is 0.525 bits per heavy atom. The molecule has 0 amide bonds. The van der Waals surface area contributed by atoms with E-state index < -0.39 is 0 Å². The predicted molar refractivity (Wildman–Crippen MR) is 151 cm³/mol. The zero-order valence-corrected chi connectivity index (χ0v) is 25.4. The van der Waals surface area contributed by atoms with Gasteiger partial charge in [-0.25, -0.2) is 0 Å². The van der Waals surface area contributed by atoms with E-state index in [1.165, 1.54) is 0 Å². The lowest BCUT2D eigenvalue weighted by molar-refractivity contribution is -0.0275. The van der Waals surface area contributed by atoms with Gasteiger partial charge < -0.3 is 62.3 Å². The first-order valence-corrected chi connectivity index (χ1v) is 14.4. The third-order valence-corrected chi connectivity index (χ3v) is 4.90. The van der Waals surface area contributed by atoms with Gasteiger partial charge in [0.2, 0.25) is 0 Å². The average molecular weight is 587 g/mol. The van der Waals surface area contributed by atoms with Crippen LogP contribution in [0.2, 0.25) is 0 Å². The monoisotopic (exact) mass is 586 g/mol. The fraction of sp³-hybridized carbons (Fsp3) is 1.00. The van der Waals surface area contributed by atoms with Crippen LogP contribution in [0.1, 0.15) is 0 Å². The van der Waals surface area contributed by atoms with Crippen LogP contribution in [0.5, 0.6) is 0 Å². The summed E-state index contributed by atoms with van der Waals surface area (Å²) in [4.78, 5) is 2.08. The van der Waals surface area contributed by atoms with Crippen LogP contribution in [0.25, 0.3) is 0 Å². The van der Waals surface area contributed by atoms with E-state index in [0.717, 1.165) is 19.7 Å². The normalized spacial score (nSPS) is 11.7. The van der Waals surface area contributed by atoms with Gasteiger partial charge in [-0.2, -0.15) is 0 Å². The van der Waals surface area contributed by atoms with Gasteiger partial charge in [-0.15, -0.1) is 0 Å². The summed E-state index contributed by atoms with van der Waals surface area (Å²) in [6, 6.07) is 0. The molecule has 0 radical (unpaired) electrons. The standard InChI is InChI=1S/C27H58N2O11/c1-28-4-6-30-8-10-32-12-14-34-16-18-36-20-22-38-24-26-40-27-25-39-23-21-37-19-17-35-15-13-33-11-9-31-7-5-29(2)3/h28H,4-27H2,1-3H3. The topological polar surface area (TPSA) is 117 Å². The number of hydrogen-bond donors (Lipinski definition) is 1. The van der Waals surface area contributed by atoms with Crippen molar-refractivity contribution in [3.8, 4) is 0 Å². The van der Waals surface area contributed by atoms with Crippen LogP contribution >= 0.6 is 0 Å². The van der Waals surface area contributed by atoms with Gasteiger partial charge >= 0.3 is 0 Å². The lowest BCUT2D eigenvalue weighted by Crippen LogP contribution is -2.19. The molecule has 0 saturated heterocycles. The number of likely N-dealkylation sites (N-methyl/N-ethyl adjacent to an activating group) is 2.